The summed E-state index contributed by atoms with van der Waals surface area (Å²) >= 11 is 5.71. The number of fused-ring (bicyclic) bond motifs is 1. The van der Waals surface area contributed by atoms with Crippen molar-refractivity contribution in [2.45, 2.75) is 31.5 Å². The molecule has 0 radical (unpaired) electrons. The largest absolute Gasteiger partial charge is 0.506 e. The third-order valence-corrected chi connectivity index (χ3v) is 3.19. The van der Waals surface area contributed by atoms with Crippen LogP contribution in [-0.2, 0) is 10.3 Å². The molecule has 0 spiro atoms. The number of nitrogens with one attached hydrogen (secondary N) is 1. The summed E-state index contributed by atoms with van der Waals surface area (Å²) in [4.78, 5) is 11.5. The van der Waals surface area contributed by atoms with Crippen molar-refractivity contribution >= 4 is 23.4 Å². The van der Waals surface area contributed by atoms with Crippen LogP contribution in [0.4, 0.5) is 23.7 Å². The molecule has 0 aliphatic carbocycles. The molecule has 0 bridgehead atoms. The quantitative estimate of drug-likeness (QED) is 0.599. The number of unbranched alkanes of at least 4 members (excludes halogenated alkanes) is 1. The Labute approximate surface area is 129 Å². The van der Waals surface area contributed by atoms with Gasteiger partial charge < -0.3 is 9.84 Å². The van der Waals surface area contributed by atoms with Gasteiger partial charge in [0.1, 0.15) is 5.75 Å². The van der Waals surface area contributed by atoms with Gasteiger partial charge in [0.25, 0.3) is 5.60 Å². The lowest BCUT2D eigenvalue weighted by molar-refractivity contribution is -0.239. The maximum Gasteiger partial charge on any atom is 0.445 e. The first kappa shape index (κ1) is 16.3. The summed E-state index contributed by atoms with van der Waals surface area (Å²) in [6, 6.07) is 1.98. The van der Waals surface area contributed by atoms with Crippen LogP contribution in [0, 0.1) is 11.8 Å². The van der Waals surface area contributed by atoms with Crippen LogP contribution in [0.25, 0.3) is 0 Å². The van der Waals surface area contributed by atoms with E-state index in [4.69, 9.17) is 11.6 Å². The first-order valence-corrected chi connectivity index (χ1v) is 6.69. The number of aromatic hydroxyl groups is 1. The number of ether oxygens (including phenoxy) is 1. The van der Waals surface area contributed by atoms with E-state index in [2.05, 4.69) is 10.7 Å². The molecule has 2 N–H and O–H groups in total. The zero-order valence-electron chi connectivity index (χ0n) is 11.3. The van der Waals surface area contributed by atoms with Crippen LogP contribution in [0.5, 0.6) is 5.75 Å². The van der Waals surface area contributed by atoms with Gasteiger partial charge in [0.15, 0.2) is 0 Å². The second-order valence-electron chi connectivity index (χ2n) is 4.59. The molecule has 22 heavy (non-hydrogen) atoms. The molecule has 1 amide bonds. The summed E-state index contributed by atoms with van der Waals surface area (Å²) in [6.45, 7) is 1.75. The van der Waals surface area contributed by atoms with Crippen LogP contribution >= 0.6 is 11.6 Å². The standard InChI is InChI=1S/C14H11ClF3NO3/c1-2-3-4-5-13(14(16,17)18)9-6-8(15)7-10(20)11(9)19-12(21)22-13/h6-7,20H,2-3H2,1H3,(H,19,21). The van der Waals surface area contributed by atoms with Crippen molar-refractivity contribution in [2.75, 3.05) is 5.32 Å². The number of amides is 1. The van der Waals surface area contributed by atoms with Crippen molar-refractivity contribution in [3.63, 3.8) is 0 Å². The minimum Gasteiger partial charge on any atom is -0.506 e. The van der Waals surface area contributed by atoms with Crippen LogP contribution in [0.3, 0.4) is 0 Å². The van der Waals surface area contributed by atoms with Crippen molar-refractivity contribution in [1.82, 2.24) is 0 Å². The van der Waals surface area contributed by atoms with Gasteiger partial charge in [-0.3, -0.25) is 5.32 Å². The lowest BCUT2D eigenvalue weighted by atomic mass is 9.90. The molecular weight excluding hydrogens is 323 g/mol. The first-order valence-electron chi connectivity index (χ1n) is 6.31. The van der Waals surface area contributed by atoms with Gasteiger partial charge in [-0.15, -0.1) is 0 Å². The van der Waals surface area contributed by atoms with E-state index in [0.29, 0.717) is 6.42 Å². The molecule has 118 valence electrons. The summed E-state index contributed by atoms with van der Waals surface area (Å²) in [5, 5.41) is 11.7. The number of rotatable bonds is 1. The van der Waals surface area contributed by atoms with E-state index >= 15 is 0 Å². The number of halogens is 4. The van der Waals surface area contributed by atoms with E-state index < -0.39 is 34.9 Å². The van der Waals surface area contributed by atoms with Gasteiger partial charge in [-0.25, -0.2) is 4.79 Å². The molecule has 0 aromatic heterocycles. The lowest BCUT2D eigenvalue weighted by Gasteiger charge is -2.36. The molecule has 1 atom stereocenters. The third-order valence-electron chi connectivity index (χ3n) is 2.97. The zero-order chi connectivity index (χ0) is 16.5. The summed E-state index contributed by atoms with van der Waals surface area (Å²) < 4.78 is 45.3. The summed E-state index contributed by atoms with van der Waals surface area (Å²) in [6.07, 6.45) is -5.61. The van der Waals surface area contributed by atoms with Crippen molar-refractivity contribution in [3.05, 3.63) is 22.7 Å². The van der Waals surface area contributed by atoms with E-state index in [0.717, 1.165) is 12.1 Å². The monoisotopic (exact) mass is 333 g/mol. The minimum atomic E-state index is -5.00. The number of benzene rings is 1. The van der Waals surface area contributed by atoms with E-state index in [1.54, 1.807) is 6.92 Å². The third kappa shape index (κ3) is 2.66. The van der Waals surface area contributed by atoms with Crippen LogP contribution in [-0.4, -0.2) is 17.4 Å². The molecule has 1 aromatic rings. The van der Waals surface area contributed by atoms with E-state index in [9.17, 15) is 23.1 Å². The normalized spacial score (nSPS) is 20.3. The molecule has 2 rings (SSSR count). The van der Waals surface area contributed by atoms with E-state index in [1.165, 1.54) is 0 Å². The lowest BCUT2D eigenvalue weighted by Crippen LogP contribution is -2.49. The summed E-state index contributed by atoms with van der Waals surface area (Å²) in [7, 11) is 0. The number of cyclic esters (lactones) is 1. The molecular formula is C14H11ClF3NO3. The maximum absolute atomic E-state index is 13.6. The molecule has 1 aliphatic rings. The fourth-order valence-electron chi connectivity index (χ4n) is 2.01. The van der Waals surface area contributed by atoms with Crippen molar-refractivity contribution in [3.8, 4) is 17.6 Å². The highest BCUT2D eigenvalue weighted by molar-refractivity contribution is 6.31. The Morgan fingerprint density at radius 1 is 1.45 bits per heavy atom. The molecule has 0 saturated carbocycles. The average molecular weight is 334 g/mol. The van der Waals surface area contributed by atoms with Gasteiger partial charge in [-0.2, -0.15) is 13.2 Å². The second-order valence-corrected chi connectivity index (χ2v) is 5.03. The number of hydrogen-bond donors (Lipinski definition) is 2. The maximum atomic E-state index is 13.6. The second kappa shape index (κ2) is 5.61. The van der Waals surface area contributed by atoms with Crippen LogP contribution in [0.2, 0.25) is 5.02 Å². The predicted octanol–water partition coefficient (Wildman–Crippen LogP) is 4.17. The first-order chi connectivity index (χ1) is 10.2. The van der Waals surface area contributed by atoms with Gasteiger partial charge in [-0.05, 0) is 18.4 Å². The fourth-order valence-corrected chi connectivity index (χ4v) is 2.22. The fraction of sp³-hybridized carbons (Fsp3) is 0.357. The summed E-state index contributed by atoms with van der Waals surface area (Å²) in [5.41, 5.74) is -4.13. The topological polar surface area (TPSA) is 58.6 Å². The van der Waals surface area contributed by atoms with Gasteiger partial charge >= 0.3 is 12.3 Å². The van der Waals surface area contributed by atoms with Crippen molar-refractivity contribution in [2.24, 2.45) is 0 Å². The molecule has 1 aliphatic heterocycles. The Hall–Kier alpha value is -2.07. The number of phenolic OH excluding ortho intramolecular Hbond substituents is 1. The van der Waals surface area contributed by atoms with Crippen LogP contribution in [0.15, 0.2) is 12.1 Å². The molecule has 4 nitrogen and oxygen atoms in total. The highest BCUT2D eigenvalue weighted by Gasteiger charge is 2.62. The van der Waals surface area contributed by atoms with Crippen LogP contribution in [0.1, 0.15) is 25.3 Å². The van der Waals surface area contributed by atoms with E-state index in [-0.39, 0.29) is 11.4 Å². The number of alkyl halides is 3. The SMILES string of the molecule is CCCC#CC1(C(F)(F)F)OC(=O)Nc2c(O)cc(Cl)cc21. The highest BCUT2D eigenvalue weighted by atomic mass is 35.5. The van der Waals surface area contributed by atoms with E-state index in [1.807, 2.05) is 11.2 Å². The van der Waals surface area contributed by atoms with Gasteiger partial charge in [0.2, 0.25) is 0 Å². The van der Waals surface area contributed by atoms with Gasteiger partial charge in [0, 0.05) is 23.1 Å². The number of carbonyl (C=O) groups is 1. The van der Waals surface area contributed by atoms with Crippen molar-refractivity contribution in [1.29, 1.82) is 0 Å². The molecule has 1 aromatic carbocycles. The minimum absolute atomic E-state index is 0.137. The molecule has 1 unspecified atom stereocenters. The Kier molecular flexibility index (Phi) is 4.16. The Morgan fingerprint density at radius 2 is 2.14 bits per heavy atom. The highest BCUT2D eigenvalue weighted by Crippen LogP contribution is 2.50. The van der Waals surface area contributed by atoms with Crippen molar-refractivity contribution < 1.29 is 27.8 Å². The number of phenols is 1. The smallest absolute Gasteiger partial charge is 0.445 e. The van der Waals surface area contributed by atoms with Gasteiger partial charge in [0.05, 0.1) is 5.69 Å². The van der Waals surface area contributed by atoms with Crippen LogP contribution < -0.4 is 5.32 Å². The number of anilines is 1. The van der Waals surface area contributed by atoms with Gasteiger partial charge in [-0.1, -0.05) is 24.4 Å². The average Bonchev–Trinajstić information content (AvgIpc) is 2.39. The predicted molar refractivity (Wildman–Crippen MR) is 73.6 cm³/mol. The Morgan fingerprint density at radius 3 is 2.73 bits per heavy atom. The Bertz CT molecular complexity index is 678. The molecule has 0 fully saturated rings. The Balaban J connectivity index is 2.76. The number of hydrogen-bond acceptors (Lipinski definition) is 3. The molecule has 8 heteroatoms. The molecule has 1 heterocycles. The zero-order valence-corrected chi connectivity index (χ0v) is 12.1. The number of carbonyl (C=O) groups excluding carboxylic acids is 1. The summed E-state index contributed by atoms with van der Waals surface area (Å²) in [5.74, 6) is 3.75. The molecule has 0 saturated heterocycles.